The molecule has 0 saturated heterocycles. The van der Waals surface area contributed by atoms with E-state index in [0.29, 0.717) is 0 Å². The van der Waals surface area contributed by atoms with Crippen LogP contribution < -0.4 is 0 Å². The summed E-state index contributed by atoms with van der Waals surface area (Å²) in [7, 11) is 0. The van der Waals surface area contributed by atoms with Crippen molar-refractivity contribution in [2.75, 3.05) is 0 Å². The minimum absolute atomic E-state index is 0.152. The lowest BCUT2D eigenvalue weighted by Crippen LogP contribution is -2.13. The van der Waals surface area contributed by atoms with Crippen LogP contribution in [0, 0.1) is 5.92 Å². The van der Waals surface area contributed by atoms with Gasteiger partial charge in [0.15, 0.2) is 0 Å². The van der Waals surface area contributed by atoms with E-state index in [-0.39, 0.29) is 12.3 Å². The molecule has 0 amide bonds. The van der Waals surface area contributed by atoms with Gasteiger partial charge in [-0.2, -0.15) is 0 Å². The molecule has 0 spiro atoms. The van der Waals surface area contributed by atoms with Crippen LogP contribution >= 0.6 is 0 Å². The fraction of sp³-hybridized carbons (Fsp3) is 0.917. The van der Waals surface area contributed by atoms with Gasteiger partial charge in [-0.3, -0.25) is 9.59 Å². The summed E-state index contributed by atoms with van der Waals surface area (Å²) >= 11 is 0. The molecular weight excluding hydrogens is 352 g/mol. The summed E-state index contributed by atoms with van der Waals surface area (Å²) in [5.74, 6) is -1.46. The molecule has 4 heteroatoms. The highest BCUT2D eigenvalue weighted by atomic mass is 16.4. The van der Waals surface area contributed by atoms with Crippen molar-refractivity contribution in [3.8, 4) is 0 Å². The topological polar surface area (TPSA) is 74.6 Å². The zero-order chi connectivity index (χ0) is 20.9. The molecule has 1 atom stereocenters. The summed E-state index contributed by atoms with van der Waals surface area (Å²) in [6.45, 7) is 2.24. The Hall–Kier alpha value is -1.06. The van der Waals surface area contributed by atoms with Gasteiger partial charge >= 0.3 is 11.9 Å². The second-order valence-corrected chi connectivity index (χ2v) is 8.41. The maximum absolute atomic E-state index is 11.4. The van der Waals surface area contributed by atoms with Crippen molar-refractivity contribution in [3.63, 3.8) is 0 Å². The Labute approximate surface area is 173 Å². The van der Waals surface area contributed by atoms with Gasteiger partial charge in [0.1, 0.15) is 0 Å². The lowest BCUT2D eigenvalue weighted by atomic mass is 9.94. The van der Waals surface area contributed by atoms with Gasteiger partial charge in [0.2, 0.25) is 0 Å². The van der Waals surface area contributed by atoms with E-state index in [4.69, 9.17) is 5.11 Å². The van der Waals surface area contributed by atoms with Crippen LogP contribution in [0.4, 0.5) is 0 Å². The molecule has 4 nitrogen and oxygen atoms in total. The molecule has 0 aromatic carbocycles. The predicted octanol–water partition coefficient (Wildman–Crippen LogP) is 7.59. The zero-order valence-electron chi connectivity index (χ0n) is 18.4. The van der Waals surface area contributed by atoms with Crippen molar-refractivity contribution in [2.24, 2.45) is 5.92 Å². The van der Waals surface area contributed by atoms with E-state index in [1.54, 1.807) is 0 Å². The van der Waals surface area contributed by atoms with Crippen LogP contribution in [-0.2, 0) is 9.59 Å². The molecule has 0 aromatic heterocycles. The maximum Gasteiger partial charge on any atom is 0.306 e. The summed E-state index contributed by atoms with van der Waals surface area (Å²) in [5.41, 5.74) is 0. The Bertz CT molecular complexity index is 368. The number of hydrogen-bond acceptors (Lipinski definition) is 2. The Morgan fingerprint density at radius 3 is 1.29 bits per heavy atom. The van der Waals surface area contributed by atoms with E-state index in [0.717, 1.165) is 51.4 Å². The fourth-order valence-electron chi connectivity index (χ4n) is 3.82. The third-order valence-corrected chi connectivity index (χ3v) is 5.70. The zero-order valence-corrected chi connectivity index (χ0v) is 18.4. The molecule has 0 fully saturated rings. The highest BCUT2D eigenvalue weighted by Gasteiger charge is 2.16. The van der Waals surface area contributed by atoms with Crippen LogP contribution in [0.25, 0.3) is 0 Å². The van der Waals surface area contributed by atoms with E-state index in [2.05, 4.69) is 6.92 Å². The molecule has 2 N–H and O–H groups in total. The van der Waals surface area contributed by atoms with Crippen molar-refractivity contribution in [1.29, 1.82) is 0 Å². The first kappa shape index (κ1) is 26.9. The number of carboxylic acid groups (broad SMARTS) is 2. The molecule has 1 unspecified atom stereocenters. The minimum Gasteiger partial charge on any atom is -0.481 e. The number of rotatable bonds is 22. The van der Waals surface area contributed by atoms with Crippen molar-refractivity contribution in [1.82, 2.24) is 0 Å². The van der Waals surface area contributed by atoms with Crippen LogP contribution in [0.3, 0.4) is 0 Å². The van der Waals surface area contributed by atoms with Crippen molar-refractivity contribution in [2.45, 2.75) is 135 Å². The normalized spacial score (nSPS) is 12.2. The van der Waals surface area contributed by atoms with Crippen LogP contribution in [0.2, 0.25) is 0 Å². The highest BCUT2D eigenvalue weighted by molar-refractivity contribution is 5.69. The first-order valence-corrected chi connectivity index (χ1v) is 12.0. The summed E-state index contributed by atoms with van der Waals surface area (Å²) in [4.78, 5) is 21.9. The smallest absolute Gasteiger partial charge is 0.306 e. The molecule has 0 aromatic rings. The number of aliphatic carboxylic acids is 2. The second-order valence-electron chi connectivity index (χ2n) is 8.41. The molecule has 0 saturated carbocycles. The van der Waals surface area contributed by atoms with Gasteiger partial charge in [-0.1, -0.05) is 110 Å². The molecule has 0 rings (SSSR count). The van der Waals surface area contributed by atoms with Gasteiger partial charge in [0.05, 0.1) is 5.92 Å². The highest BCUT2D eigenvalue weighted by Crippen LogP contribution is 2.20. The van der Waals surface area contributed by atoms with Crippen LogP contribution in [0.1, 0.15) is 135 Å². The molecule has 28 heavy (non-hydrogen) atoms. The molecular formula is C24H46O4. The summed E-state index contributed by atoms with van der Waals surface area (Å²) in [6.07, 6.45) is 22.0. The average molecular weight is 399 g/mol. The van der Waals surface area contributed by atoms with Gasteiger partial charge < -0.3 is 10.2 Å². The largest absolute Gasteiger partial charge is 0.481 e. The molecule has 0 bridgehead atoms. The van der Waals surface area contributed by atoms with Gasteiger partial charge in [0, 0.05) is 6.42 Å². The summed E-state index contributed by atoms with van der Waals surface area (Å²) in [6, 6.07) is 0. The third-order valence-electron chi connectivity index (χ3n) is 5.70. The quantitative estimate of drug-likeness (QED) is 0.184. The first-order valence-electron chi connectivity index (χ1n) is 12.0. The van der Waals surface area contributed by atoms with E-state index in [1.165, 1.54) is 70.6 Å². The summed E-state index contributed by atoms with van der Waals surface area (Å²) in [5, 5.41) is 18.0. The first-order chi connectivity index (χ1) is 13.6. The van der Waals surface area contributed by atoms with Gasteiger partial charge in [-0.05, 0) is 19.3 Å². The van der Waals surface area contributed by atoms with Crippen molar-refractivity contribution >= 4 is 11.9 Å². The fourth-order valence-corrected chi connectivity index (χ4v) is 3.82. The van der Waals surface area contributed by atoms with Crippen LogP contribution in [0.5, 0.6) is 0 Å². The Kier molecular flexibility index (Phi) is 19.9. The van der Waals surface area contributed by atoms with E-state index >= 15 is 0 Å². The average Bonchev–Trinajstić information content (AvgIpc) is 2.65. The second kappa shape index (κ2) is 20.7. The lowest BCUT2D eigenvalue weighted by molar-refractivity contribution is -0.142. The van der Waals surface area contributed by atoms with Gasteiger partial charge in [-0.15, -0.1) is 0 Å². The summed E-state index contributed by atoms with van der Waals surface area (Å²) < 4.78 is 0. The lowest BCUT2D eigenvalue weighted by Gasteiger charge is -2.12. The van der Waals surface area contributed by atoms with Gasteiger partial charge in [0.25, 0.3) is 0 Å². The third kappa shape index (κ3) is 19.7. The Morgan fingerprint density at radius 1 is 0.571 bits per heavy atom. The molecule has 0 aliphatic carbocycles. The van der Waals surface area contributed by atoms with Gasteiger partial charge in [-0.25, -0.2) is 0 Å². The van der Waals surface area contributed by atoms with E-state index in [1.807, 2.05) is 0 Å². The van der Waals surface area contributed by atoms with Crippen molar-refractivity contribution < 1.29 is 19.8 Å². The SMILES string of the molecule is CCCCCCCCCCCC(CCCCCCCCCCC(=O)O)C(=O)O. The Morgan fingerprint density at radius 2 is 0.929 bits per heavy atom. The minimum atomic E-state index is -0.699. The monoisotopic (exact) mass is 398 g/mol. The van der Waals surface area contributed by atoms with E-state index < -0.39 is 11.9 Å². The maximum atomic E-state index is 11.4. The number of hydrogen-bond donors (Lipinski definition) is 2. The number of carboxylic acids is 2. The Balaban J connectivity index is 3.48. The van der Waals surface area contributed by atoms with E-state index in [9.17, 15) is 14.7 Å². The number of unbranched alkanes of at least 4 members (excludes halogenated alkanes) is 15. The molecule has 166 valence electrons. The van der Waals surface area contributed by atoms with Crippen LogP contribution in [-0.4, -0.2) is 22.2 Å². The predicted molar refractivity (Wildman–Crippen MR) is 117 cm³/mol. The molecule has 0 aliphatic rings. The van der Waals surface area contributed by atoms with Crippen LogP contribution in [0.15, 0.2) is 0 Å². The molecule has 0 radical (unpaired) electrons. The standard InChI is InChI=1S/C24H46O4/c1-2-3-4-5-6-7-10-13-16-19-22(24(27)28)20-17-14-11-8-9-12-15-18-21-23(25)26/h22H,2-21H2,1H3,(H,25,26)(H,27,28). The molecule has 0 heterocycles. The van der Waals surface area contributed by atoms with Crippen molar-refractivity contribution in [3.05, 3.63) is 0 Å². The molecule has 0 aliphatic heterocycles. The number of carbonyl (C=O) groups is 2.